The summed E-state index contributed by atoms with van der Waals surface area (Å²) >= 11 is 5.64. The molecule has 0 saturated carbocycles. The third kappa shape index (κ3) is 3.38. The SMILES string of the molecule is O=[N+]([O-])c1ccc(S(=O)(=O)Nc2ccc(Cl)cc2O)cn1. The number of phenols is 1. The Morgan fingerprint density at radius 3 is 2.52 bits per heavy atom. The van der Waals surface area contributed by atoms with E-state index in [1.807, 2.05) is 0 Å². The molecular formula is C11H8ClN3O5S. The molecule has 1 heterocycles. The van der Waals surface area contributed by atoms with Gasteiger partial charge >= 0.3 is 5.82 Å². The molecule has 0 aliphatic heterocycles. The van der Waals surface area contributed by atoms with Crippen molar-refractivity contribution in [3.8, 4) is 5.75 Å². The highest BCUT2D eigenvalue weighted by molar-refractivity contribution is 7.92. The van der Waals surface area contributed by atoms with Gasteiger partial charge in [-0.2, -0.15) is 0 Å². The van der Waals surface area contributed by atoms with Gasteiger partial charge in [0.1, 0.15) is 10.6 Å². The van der Waals surface area contributed by atoms with Gasteiger partial charge in [0.25, 0.3) is 10.0 Å². The summed E-state index contributed by atoms with van der Waals surface area (Å²) in [5.74, 6) is -0.816. The van der Waals surface area contributed by atoms with Crippen molar-refractivity contribution in [3.63, 3.8) is 0 Å². The van der Waals surface area contributed by atoms with Crippen molar-refractivity contribution in [2.45, 2.75) is 4.90 Å². The summed E-state index contributed by atoms with van der Waals surface area (Å²) in [5, 5.41) is 20.3. The maximum Gasteiger partial charge on any atom is 0.363 e. The molecule has 1 aromatic carbocycles. The van der Waals surface area contributed by atoms with E-state index in [-0.39, 0.29) is 21.4 Å². The number of benzene rings is 1. The molecule has 8 nitrogen and oxygen atoms in total. The Balaban J connectivity index is 2.31. The zero-order valence-corrected chi connectivity index (χ0v) is 11.8. The lowest BCUT2D eigenvalue weighted by Gasteiger charge is -2.08. The monoisotopic (exact) mass is 329 g/mol. The standard InChI is InChI=1S/C11H8ClN3O5S/c12-7-1-3-9(10(16)5-7)14-21(19,20)8-2-4-11(13-6-8)15(17)18/h1-6,14,16H. The number of rotatable bonds is 4. The average molecular weight is 330 g/mol. The van der Waals surface area contributed by atoms with Crippen LogP contribution in [0, 0.1) is 10.1 Å². The van der Waals surface area contributed by atoms with Crippen molar-refractivity contribution in [3.05, 3.63) is 51.7 Å². The first kappa shape index (κ1) is 15.0. The number of aromatic nitrogens is 1. The summed E-state index contributed by atoms with van der Waals surface area (Å²) in [4.78, 5) is 12.9. The molecule has 10 heteroatoms. The highest BCUT2D eigenvalue weighted by atomic mass is 35.5. The van der Waals surface area contributed by atoms with E-state index in [4.69, 9.17) is 11.6 Å². The summed E-state index contributed by atoms with van der Waals surface area (Å²) in [6.45, 7) is 0. The van der Waals surface area contributed by atoms with Gasteiger partial charge < -0.3 is 15.2 Å². The van der Waals surface area contributed by atoms with Crippen LogP contribution in [-0.4, -0.2) is 23.4 Å². The molecule has 2 N–H and O–H groups in total. The van der Waals surface area contributed by atoms with Crippen LogP contribution in [0.1, 0.15) is 0 Å². The number of nitro groups is 1. The number of hydrogen-bond acceptors (Lipinski definition) is 6. The van der Waals surface area contributed by atoms with Crippen molar-refractivity contribution in [2.75, 3.05) is 4.72 Å². The number of phenolic OH excluding ortho intramolecular Hbond substituents is 1. The minimum atomic E-state index is -4.03. The Kier molecular flexibility index (Phi) is 3.96. The van der Waals surface area contributed by atoms with Crippen LogP contribution in [0.3, 0.4) is 0 Å². The van der Waals surface area contributed by atoms with Crippen LogP contribution in [0.5, 0.6) is 5.75 Å². The van der Waals surface area contributed by atoms with Crippen LogP contribution in [0.15, 0.2) is 41.4 Å². The lowest BCUT2D eigenvalue weighted by atomic mass is 10.3. The van der Waals surface area contributed by atoms with Gasteiger partial charge in [0, 0.05) is 17.2 Å². The van der Waals surface area contributed by atoms with Gasteiger partial charge in [0.2, 0.25) is 0 Å². The fourth-order valence-electron chi connectivity index (χ4n) is 1.43. The molecule has 0 bridgehead atoms. The minimum Gasteiger partial charge on any atom is -0.506 e. The number of anilines is 1. The van der Waals surface area contributed by atoms with Gasteiger partial charge in [-0.1, -0.05) is 11.6 Å². The van der Waals surface area contributed by atoms with E-state index in [2.05, 4.69) is 9.71 Å². The Labute approximate surface area is 124 Å². The van der Waals surface area contributed by atoms with Gasteiger partial charge in [0.15, 0.2) is 6.20 Å². The highest BCUT2D eigenvalue weighted by Gasteiger charge is 2.19. The third-order valence-electron chi connectivity index (χ3n) is 2.42. The Morgan fingerprint density at radius 2 is 2.00 bits per heavy atom. The van der Waals surface area contributed by atoms with Gasteiger partial charge in [-0.15, -0.1) is 0 Å². The molecule has 21 heavy (non-hydrogen) atoms. The molecule has 0 aliphatic carbocycles. The molecule has 0 saturated heterocycles. The lowest BCUT2D eigenvalue weighted by Crippen LogP contribution is -2.13. The van der Waals surface area contributed by atoms with Crippen molar-refractivity contribution in [1.82, 2.24) is 4.98 Å². The first-order valence-electron chi connectivity index (χ1n) is 5.41. The second-order valence-corrected chi connectivity index (χ2v) is 6.00. The first-order chi connectivity index (χ1) is 9.79. The van der Waals surface area contributed by atoms with E-state index in [9.17, 15) is 23.6 Å². The number of pyridine rings is 1. The Hall–Kier alpha value is -2.39. The summed E-state index contributed by atoms with van der Waals surface area (Å²) in [6, 6.07) is 5.87. The number of halogens is 1. The van der Waals surface area contributed by atoms with Crippen LogP contribution >= 0.6 is 11.6 Å². The highest BCUT2D eigenvalue weighted by Crippen LogP contribution is 2.28. The summed E-state index contributed by atoms with van der Waals surface area (Å²) in [7, 11) is -4.03. The minimum absolute atomic E-state index is 0.0715. The third-order valence-corrected chi connectivity index (χ3v) is 4.01. The van der Waals surface area contributed by atoms with Crippen molar-refractivity contribution < 1.29 is 18.4 Å². The fourth-order valence-corrected chi connectivity index (χ4v) is 2.62. The topological polar surface area (TPSA) is 122 Å². The maximum absolute atomic E-state index is 12.1. The summed E-state index contributed by atoms with van der Waals surface area (Å²) in [6.07, 6.45) is 0.855. The smallest absolute Gasteiger partial charge is 0.363 e. The molecule has 110 valence electrons. The predicted octanol–water partition coefficient (Wildman–Crippen LogP) is 2.15. The molecular weight excluding hydrogens is 322 g/mol. The Morgan fingerprint density at radius 1 is 1.29 bits per heavy atom. The van der Waals surface area contributed by atoms with Crippen LogP contribution in [0.25, 0.3) is 0 Å². The molecule has 0 amide bonds. The number of hydrogen-bond donors (Lipinski definition) is 2. The molecule has 0 spiro atoms. The molecule has 1 aromatic heterocycles. The molecule has 0 fully saturated rings. The fraction of sp³-hybridized carbons (Fsp3) is 0. The van der Waals surface area contributed by atoms with Crippen LogP contribution < -0.4 is 4.72 Å². The van der Waals surface area contributed by atoms with E-state index in [1.54, 1.807) is 0 Å². The summed E-state index contributed by atoms with van der Waals surface area (Å²) in [5.41, 5.74) is -0.0715. The van der Waals surface area contributed by atoms with Gasteiger partial charge in [-0.3, -0.25) is 4.72 Å². The molecule has 0 unspecified atom stereocenters. The van der Waals surface area contributed by atoms with E-state index in [0.29, 0.717) is 0 Å². The number of sulfonamides is 1. The van der Waals surface area contributed by atoms with Crippen LogP contribution in [0.2, 0.25) is 5.02 Å². The van der Waals surface area contributed by atoms with E-state index in [1.165, 1.54) is 18.2 Å². The number of nitrogens with zero attached hydrogens (tertiary/aromatic N) is 2. The van der Waals surface area contributed by atoms with Crippen LogP contribution in [0.4, 0.5) is 11.5 Å². The normalized spacial score (nSPS) is 11.1. The van der Waals surface area contributed by atoms with Crippen LogP contribution in [-0.2, 0) is 10.0 Å². The Bertz CT molecular complexity index is 792. The second kappa shape index (κ2) is 5.54. The van der Waals surface area contributed by atoms with Gasteiger partial charge in [-0.05, 0) is 28.1 Å². The van der Waals surface area contributed by atoms with Crippen molar-refractivity contribution in [2.24, 2.45) is 0 Å². The van der Waals surface area contributed by atoms with E-state index >= 15 is 0 Å². The lowest BCUT2D eigenvalue weighted by molar-refractivity contribution is -0.389. The number of aromatic hydroxyl groups is 1. The quantitative estimate of drug-likeness (QED) is 0.503. The molecule has 0 atom stereocenters. The molecule has 0 radical (unpaired) electrons. The first-order valence-corrected chi connectivity index (χ1v) is 7.27. The molecule has 0 aliphatic rings. The van der Waals surface area contributed by atoms with Gasteiger partial charge in [-0.25, -0.2) is 8.42 Å². The zero-order valence-electron chi connectivity index (χ0n) is 10.2. The average Bonchev–Trinajstić information content (AvgIpc) is 2.42. The number of nitrogens with one attached hydrogen (secondary N) is 1. The van der Waals surface area contributed by atoms with Crippen molar-refractivity contribution >= 4 is 33.1 Å². The predicted molar refractivity (Wildman–Crippen MR) is 74.8 cm³/mol. The molecule has 2 rings (SSSR count). The maximum atomic E-state index is 12.1. The molecule has 2 aromatic rings. The summed E-state index contributed by atoms with van der Waals surface area (Å²) < 4.78 is 26.2. The van der Waals surface area contributed by atoms with E-state index < -0.39 is 20.8 Å². The largest absolute Gasteiger partial charge is 0.506 e. The van der Waals surface area contributed by atoms with Crippen molar-refractivity contribution in [1.29, 1.82) is 0 Å². The van der Waals surface area contributed by atoms with Gasteiger partial charge in [0.05, 0.1) is 5.69 Å². The second-order valence-electron chi connectivity index (χ2n) is 3.88. The zero-order chi connectivity index (χ0) is 15.6. The van der Waals surface area contributed by atoms with E-state index in [0.717, 1.165) is 18.3 Å².